The first kappa shape index (κ1) is 25.6. The Kier molecular flexibility index (Phi) is 12.8. The van der Waals surface area contributed by atoms with Gasteiger partial charge in [0.2, 0.25) is 5.91 Å². The maximum atomic E-state index is 12.0. The highest BCUT2D eigenvalue weighted by molar-refractivity contribution is 14.0. The van der Waals surface area contributed by atoms with Crippen LogP contribution in [0.15, 0.2) is 23.3 Å². The Morgan fingerprint density at radius 2 is 2.03 bits per heavy atom. The fourth-order valence-corrected chi connectivity index (χ4v) is 3.15. The van der Waals surface area contributed by atoms with Gasteiger partial charge in [-0.25, -0.2) is 4.98 Å². The van der Waals surface area contributed by atoms with Crippen molar-refractivity contribution in [3.8, 4) is 0 Å². The number of rotatable bonds is 9. The quantitative estimate of drug-likeness (QED) is 0.204. The van der Waals surface area contributed by atoms with Gasteiger partial charge in [-0.2, -0.15) is 0 Å². The molecule has 0 atom stereocenters. The van der Waals surface area contributed by atoms with E-state index in [1.54, 1.807) is 6.20 Å². The van der Waals surface area contributed by atoms with Crippen LogP contribution in [0.5, 0.6) is 0 Å². The van der Waals surface area contributed by atoms with E-state index in [-0.39, 0.29) is 29.9 Å². The minimum atomic E-state index is -0.0565. The molecule has 7 nitrogen and oxygen atoms in total. The third-order valence-corrected chi connectivity index (χ3v) is 4.95. The van der Waals surface area contributed by atoms with Gasteiger partial charge in [0.15, 0.2) is 5.96 Å². The molecule has 2 rings (SSSR count). The summed E-state index contributed by atoms with van der Waals surface area (Å²) in [5.74, 6) is 2.18. The molecule has 0 bridgehead atoms. The lowest BCUT2D eigenvalue weighted by Crippen LogP contribution is -2.39. The molecule has 3 N–H and O–H groups in total. The average molecular weight is 516 g/mol. The Hall–Kier alpha value is -1.42. The molecule has 0 saturated carbocycles. The van der Waals surface area contributed by atoms with Crippen LogP contribution < -0.4 is 16.0 Å². The molecular weight excluding hydrogens is 479 g/mol. The number of aromatic nitrogens is 1. The van der Waals surface area contributed by atoms with E-state index < -0.39 is 0 Å². The smallest absolute Gasteiger partial charge is 0.227 e. The third-order valence-electron chi connectivity index (χ3n) is 4.95. The van der Waals surface area contributed by atoms with Crippen molar-refractivity contribution >= 4 is 41.7 Å². The van der Waals surface area contributed by atoms with Crippen LogP contribution in [0.25, 0.3) is 0 Å². The van der Waals surface area contributed by atoms with Gasteiger partial charge in [0.05, 0.1) is 0 Å². The number of aryl methyl sites for hydroxylation is 1. The summed E-state index contributed by atoms with van der Waals surface area (Å²) in [6.45, 7) is 12.0. The van der Waals surface area contributed by atoms with Crippen LogP contribution in [0.4, 0.5) is 5.82 Å². The number of hydrogen-bond acceptors (Lipinski definition) is 4. The minimum absolute atomic E-state index is 0. The van der Waals surface area contributed by atoms with Crippen molar-refractivity contribution in [3.05, 3.63) is 23.9 Å². The van der Waals surface area contributed by atoms with Crippen molar-refractivity contribution in [1.82, 2.24) is 20.5 Å². The van der Waals surface area contributed by atoms with Crippen molar-refractivity contribution in [2.45, 2.75) is 46.5 Å². The van der Waals surface area contributed by atoms with Gasteiger partial charge in [0, 0.05) is 32.3 Å². The second-order valence-electron chi connectivity index (χ2n) is 7.58. The number of carbonyl (C=O) groups is 1. The van der Waals surface area contributed by atoms with Crippen LogP contribution in [-0.2, 0) is 4.79 Å². The molecule has 29 heavy (non-hydrogen) atoms. The summed E-state index contributed by atoms with van der Waals surface area (Å²) in [5, 5.41) is 9.28. The first-order chi connectivity index (χ1) is 13.6. The zero-order chi connectivity index (χ0) is 20.2. The number of guanidine groups is 1. The van der Waals surface area contributed by atoms with Crippen LogP contribution in [0.1, 0.15) is 45.1 Å². The van der Waals surface area contributed by atoms with Gasteiger partial charge in [-0.05, 0) is 70.3 Å². The number of halogens is 1. The fraction of sp³-hybridized carbons (Fsp3) is 0.667. The summed E-state index contributed by atoms with van der Waals surface area (Å²) >= 11 is 0. The molecule has 0 unspecified atom stereocenters. The molecule has 0 aromatic carbocycles. The van der Waals surface area contributed by atoms with E-state index >= 15 is 0 Å². The largest absolute Gasteiger partial charge is 0.357 e. The SMILES string of the molecule is CCNC(=NCCCN1CCC(C)CC1)NCCC(=O)Nc1ccc(C)cn1.I. The first-order valence-corrected chi connectivity index (χ1v) is 10.5. The molecular formula is C21H37IN6O. The van der Waals surface area contributed by atoms with Crippen molar-refractivity contribution < 1.29 is 4.79 Å². The topological polar surface area (TPSA) is 81.7 Å². The molecule has 1 aliphatic rings. The van der Waals surface area contributed by atoms with E-state index in [2.05, 4.69) is 37.8 Å². The summed E-state index contributed by atoms with van der Waals surface area (Å²) in [4.78, 5) is 23.4. The van der Waals surface area contributed by atoms with Gasteiger partial charge < -0.3 is 20.9 Å². The lowest BCUT2D eigenvalue weighted by atomic mass is 9.99. The lowest BCUT2D eigenvalue weighted by molar-refractivity contribution is -0.116. The van der Waals surface area contributed by atoms with E-state index in [0.717, 1.165) is 43.5 Å². The van der Waals surface area contributed by atoms with Crippen LogP contribution in [0.3, 0.4) is 0 Å². The number of nitrogens with zero attached hydrogens (tertiary/aromatic N) is 3. The second kappa shape index (κ2) is 14.5. The number of aliphatic imine (C=N–C) groups is 1. The Labute approximate surface area is 192 Å². The third kappa shape index (κ3) is 10.8. The van der Waals surface area contributed by atoms with Gasteiger partial charge in [-0.15, -0.1) is 24.0 Å². The predicted molar refractivity (Wildman–Crippen MR) is 131 cm³/mol. The summed E-state index contributed by atoms with van der Waals surface area (Å²) in [5.41, 5.74) is 1.07. The zero-order valence-electron chi connectivity index (χ0n) is 18.0. The summed E-state index contributed by atoms with van der Waals surface area (Å²) in [6.07, 6.45) is 5.80. The highest BCUT2D eigenvalue weighted by Gasteiger charge is 2.14. The normalized spacial score (nSPS) is 15.5. The number of hydrogen-bond donors (Lipinski definition) is 3. The molecule has 1 saturated heterocycles. The van der Waals surface area contributed by atoms with Gasteiger partial charge in [-0.3, -0.25) is 9.79 Å². The fourth-order valence-electron chi connectivity index (χ4n) is 3.15. The highest BCUT2D eigenvalue weighted by atomic mass is 127. The van der Waals surface area contributed by atoms with Crippen LogP contribution in [0.2, 0.25) is 0 Å². The number of carbonyl (C=O) groups excluding carboxylic acids is 1. The van der Waals surface area contributed by atoms with E-state index in [1.165, 1.54) is 25.9 Å². The second-order valence-corrected chi connectivity index (χ2v) is 7.58. The van der Waals surface area contributed by atoms with Gasteiger partial charge >= 0.3 is 0 Å². The van der Waals surface area contributed by atoms with E-state index in [0.29, 0.717) is 18.8 Å². The number of anilines is 1. The molecule has 1 fully saturated rings. The number of pyridine rings is 1. The van der Waals surface area contributed by atoms with E-state index in [9.17, 15) is 4.79 Å². The molecule has 1 aromatic rings. The average Bonchev–Trinajstić information content (AvgIpc) is 2.68. The maximum Gasteiger partial charge on any atom is 0.227 e. The summed E-state index contributed by atoms with van der Waals surface area (Å²) in [7, 11) is 0. The maximum absolute atomic E-state index is 12.0. The molecule has 0 radical (unpaired) electrons. The zero-order valence-corrected chi connectivity index (χ0v) is 20.4. The van der Waals surface area contributed by atoms with Gasteiger partial charge in [0.1, 0.15) is 5.82 Å². The number of likely N-dealkylation sites (tertiary alicyclic amines) is 1. The first-order valence-electron chi connectivity index (χ1n) is 10.5. The number of piperidine rings is 1. The summed E-state index contributed by atoms with van der Waals surface area (Å²) in [6, 6.07) is 3.75. The van der Waals surface area contributed by atoms with Crippen LogP contribution in [-0.4, -0.2) is 61.0 Å². The predicted octanol–water partition coefficient (Wildman–Crippen LogP) is 3.01. The minimum Gasteiger partial charge on any atom is -0.357 e. The van der Waals surface area contributed by atoms with E-state index in [1.807, 2.05) is 26.0 Å². The number of nitrogens with one attached hydrogen (secondary N) is 3. The van der Waals surface area contributed by atoms with Crippen molar-refractivity contribution in [2.75, 3.05) is 44.6 Å². The monoisotopic (exact) mass is 516 g/mol. The van der Waals surface area contributed by atoms with Crippen molar-refractivity contribution in [3.63, 3.8) is 0 Å². The van der Waals surface area contributed by atoms with Gasteiger partial charge in [-0.1, -0.05) is 13.0 Å². The molecule has 2 heterocycles. The molecule has 1 aliphatic heterocycles. The Morgan fingerprint density at radius 3 is 2.69 bits per heavy atom. The molecule has 164 valence electrons. The number of amides is 1. The van der Waals surface area contributed by atoms with Gasteiger partial charge in [0.25, 0.3) is 0 Å². The Bertz CT molecular complexity index is 614. The van der Waals surface area contributed by atoms with E-state index in [4.69, 9.17) is 0 Å². The standard InChI is InChI=1S/C21H36N6O.HI/c1-4-22-21(23-11-5-13-27-14-9-17(2)10-15-27)24-12-8-20(28)26-19-7-6-18(3)16-25-19;/h6-7,16-17H,4-5,8-15H2,1-3H3,(H2,22,23,24)(H,25,26,28);1H. The van der Waals surface area contributed by atoms with Crippen LogP contribution in [0, 0.1) is 12.8 Å². The highest BCUT2D eigenvalue weighted by Crippen LogP contribution is 2.15. The lowest BCUT2D eigenvalue weighted by Gasteiger charge is -2.29. The molecule has 8 heteroatoms. The summed E-state index contributed by atoms with van der Waals surface area (Å²) < 4.78 is 0. The molecule has 1 amide bonds. The molecule has 1 aromatic heterocycles. The van der Waals surface area contributed by atoms with Crippen LogP contribution >= 0.6 is 24.0 Å². The van der Waals surface area contributed by atoms with Crippen molar-refractivity contribution in [1.29, 1.82) is 0 Å². The van der Waals surface area contributed by atoms with Crippen molar-refractivity contribution in [2.24, 2.45) is 10.9 Å². The Morgan fingerprint density at radius 1 is 1.28 bits per heavy atom. The molecule has 0 aliphatic carbocycles. The molecule has 0 spiro atoms. The Balaban J connectivity index is 0.00000420.